The molecule has 1 fully saturated rings. The molecule has 1 aliphatic carbocycles. The highest BCUT2D eigenvalue weighted by Crippen LogP contribution is 2.25. The number of carbonyl (C=O) groups excluding carboxylic acids is 1. The van der Waals surface area contributed by atoms with Gasteiger partial charge in [-0.05, 0) is 18.9 Å². The van der Waals surface area contributed by atoms with Gasteiger partial charge in [-0.3, -0.25) is 4.79 Å². The van der Waals surface area contributed by atoms with Crippen LogP contribution in [-0.4, -0.2) is 27.9 Å². The van der Waals surface area contributed by atoms with Crippen LogP contribution in [0.4, 0.5) is 0 Å². The van der Waals surface area contributed by atoms with E-state index in [4.69, 9.17) is 0 Å². The van der Waals surface area contributed by atoms with Crippen LogP contribution in [0, 0.1) is 0 Å². The molecule has 1 aromatic heterocycles. The lowest BCUT2D eigenvalue weighted by Crippen LogP contribution is -2.33. The molecule has 0 bridgehead atoms. The minimum Gasteiger partial charge on any atom is -0.353 e. The molecule has 2 aromatic rings. The van der Waals surface area contributed by atoms with E-state index in [1.54, 1.807) is 6.20 Å². The Bertz CT molecular complexity index is 606. The van der Waals surface area contributed by atoms with Crippen LogP contribution in [0.5, 0.6) is 0 Å². The molecule has 1 N–H and O–H groups in total. The number of hydrogen-bond acceptors (Lipinski definition) is 4. The second-order valence-electron chi connectivity index (χ2n) is 5.06. The molecule has 20 heavy (non-hydrogen) atoms. The molecule has 0 spiro atoms. The maximum absolute atomic E-state index is 11.9. The number of carbonyl (C=O) groups is 1. The quantitative estimate of drug-likeness (QED) is 0.879. The zero-order chi connectivity index (χ0) is 13.8. The minimum atomic E-state index is 0.114. The maximum atomic E-state index is 11.9. The summed E-state index contributed by atoms with van der Waals surface area (Å²) in [7, 11) is 0. The van der Waals surface area contributed by atoms with Crippen molar-refractivity contribution in [3.8, 4) is 0 Å². The van der Waals surface area contributed by atoms with E-state index in [0.717, 1.165) is 28.6 Å². The Morgan fingerprint density at radius 2 is 2.10 bits per heavy atom. The lowest BCUT2D eigenvalue weighted by Gasteiger charge is -2.11. The van der Waals surface area contributed by atoms with Crippen molar-refractivity contribution in [2.45, 2.75) is 36.6 Å². The van der Waals surface area contributed by atoms with Crippen molar-refractivity contribution in [1.29, 1.82) is 0 Å². The summed E-state index contributed by atoms with van der Waals surface area (Å²) in [6.07, 6.45) is 6.44. The largest absolute Gasteiger partial charge is 0.353 e. The van der Waals surface area contributed by atoms with Gasteiger partial charge in [0.1, 0.15) is 0 Å². The molecule has 1 saturated carbocycles. The molecule has 1 amide bonds. The smallest absolute Gasteiger partial charge is 0.230 e. The highest BCUT2D eigenvalue weighted by atomic mass is 32.2. The highest BCUT2D eigenvalue weighted by Gasteiger charge is 2.17. The van der Waals surface area contributed by atoms with Gasteiger partial charge in [-0.15, -0.1) is 11.8 Å². The fraction of sp³-hybridized carbons (Fsp3) is 0.400. The molecule has 104 valence electrons. The zero-order valence-electron chi connectivity index (χ0n) is 11.2. The number of benzene rings is 1. The van der Waals surface area contributed by atoms with Crippen molar-refractivity contribution in [3.05, 3.63) is 30.5 Å². The van der Waals surface area contributed by atoms with Gasteiger partial charge >= 0.3 is 0 Å². The summed E-state index contributed by atoms with van der Waals surface area (Å²) in [5, 5.41) is 12.2. The van der Waals surface area contributed by atoms with Gasteiger partial charge in [0.2, 0.25) is 5.91 Å². The summed E-state index contributed by atoms with van der Waals surface area (Å²) in [4.78, 5) is 13.0. The zero-order valence-corrected chi connectivity index (χ0v) is 12.0. The van der Waals surface area contributed by atoms with Gasteiger partial charge in [0.15, 0.2) is 0 Å². The predicted molar refractivity (Wildman–Crippen MR) is 80.7 cm³/mol. The first-order chi connectivity index (χ1) is 9.83. The highest BCUT2D eigenvalue weighted by molar-refractivity contribution is 8.00. The van der Waals surface area contributed by atoms with E-state index < -0.39 is 0 Å². The van der Waals surface area contributed by atoms with Gasteiger partial charge in [0, 0.05) is 16.3 Å². The summed E-state index contributed by atoms with van der Waals surface area (Å²) in [6, 6.07) is 8.26. The molecule has 4 nitrogen and oxygen atoms in total. The Labute approximate surface area is 122 Å². The predicted octanol–water partition coefficient (Wildman–Crippen LogP) is 2.78. The van der Waals surface area contributed by atoms with Gasteiger partial charge in [0.25, 0.3) is 0 Å². The number of nitrogens with one attached hydrogen (secondary N) is 1. The van der Waals surface area contributed by atoms with E-state index in [1.165, 1.54) is 24.6 Å². The first-order valence-corrected chi connectivity index (χ1v) is 7.94. The van der Waals surface area contributed by atoms with E-state index in [-0.39, 0.29) is 5.91 Å². The molecule has 1 heterocycles. The van der Waals surface area contributed by atoms with Crippen LogP contribution in [-0.2, 0) is 4.79 Å². The van der Waals surface area contributed by atoms with E-state index >= 15 is 0 Å². The molecule has 1 aliphatic rings. The van der Waals surface area contributed by atoms with Crippen molar-refractivity contribution in [2.75, 3.05) is 5.75 Å². The average Bonchev–Trinajstić information content (AvgIpc) is 2.98. The number of rotatable bonds is 4. The molecule has 0 radical (unpaired) electrons. The third kappa shape index (κ3) is 3.10. The Balaban J connectivity index is 1.63. The molecule has 0 unspecified atom stereocenters. The molecule has 1 aromatic carbocycles. The van der Waals surface area contributed by atoms with Crippen LogP contribution in [0.2, 0.25) is 0 Å². The SMILES string of the molecule is O=C(CSc1cnnc2ccccc12)NC1CCCC1. The molecule has 5 heteroatoms. The van der Waals surface area contributed by atoms with Gasteiger partial charge < -0.3 is 5.32 Å². The fourth-order valence-corrected chi connectivity index (χ4v) is 3.40. The molecule has 0 aliphatic heterocycles. The van der Waals surface area contributed by atoms with E-state index in [0.29, 0.717) is 11.8 Å². The van der Waals surface area contributed by atoms with Crippen LogP contribution < -0.4 is 5.32 Å². The number of amides is 1. The lowest BCUT2D eigenvalue weighted by molar-refractivity contribution is -0.119. The minimum absolute atomic E-state index is 0.114. The van der Waals surface area contributed by atoms with Gasteiger partial charge in [-0.2, -0.15) is 10.2 Å². The van der Waals surface area contributed by atoms with Crippen LogP contribution in [0.1, 0.15) is 25.7 Å². The molecule has 0 atom stereocenters. The number of thioether (sulfide) groups is 1. The monoisotopic (exact) mass is 287 g/mol. The molecular formula is C15H17N3OS. The average molecular weight is 287 g/mol. The summed E-state index contributed by atoms with van der Waals surface area (Å²) < 4.78 is 0. The van der Waals surface area contributed by atoms with Crippen LogP contribution in [0.3, 0.4) is 0 Å². The first-order valence-electron chi connectivity index (χ1n) is 6.95. The van der Waals surface area contributed by atoms with E-state index in [1.807, 2.05) is 24.3 Å². The first kappa shape index (κ1) is 13.4. The molecule has 3 rings (SSSR count). The fourth-order valence-electron chi connectivity index (χ4n) is 2.58. The van der Waals surface area contributed by atoms with Crippen LogP contribution in [0.15, 0.2) is 35.4 Å². The van der Waals surface area contributed by atoms with E-state index in [2.05, 4.69) is 15.5 Å². The lowest BCUT2D eigenvalue weighted by atomic mass is 10.2. The number of nitrogens with zero attached hydrogens (tertiary/aromatic N) is 2. The summed E-state index contributed by atoms with van der Waals surface area (Å²) >= 11 is 1.53. The second kappa shape index (κ2) is 6.22. The second-order valence-corrected chi connectivity index (χ2v) is 6.08. The van der Waals surface area contributed by atoms with E-state index in [9.17, 15) is 4.79 Å². The van der Waals surface area contributed by atoms with Crippen LogP contribution in [0.25, 0.3) is 10.9 Å². The Morgan fingerprint density at radius 1 is 1.30 bits per heavy atom. The number of aromatic nitrogens is 2. The van der Waals surface area contributed by atoms with Crippen molar-refractivity contribution >= 4 is 28.6 Å². The molecular weight excluding hydrogens is 270 g/mol. The van der Waals surface area contributed by atoms with Gasteiger partial charge in [0.05, 0.1) is 17.5 Å². The maximum Gasteiger partial charge on any atom is 0.230 e. The summed E-state index contributed by atoms with van der Waals surface area (Å²) in [5.41, 5.74) is 0.869. The van der Waals surface area contributed by atoms with Crippen molar-refractivity contribution in [3.63, 3.8) is 0 Å². The Kier molecular flexibility index (Phi) is 4.16. The topological polar surface area (TPSA) is 54.9 Å². The third-order valence-corrected chi connectivity index (χ3v) is 4.63. The van der Waals surface area contributed by atoms with Crippen molar-refractivity contribution in [2.24, 2.45) is 0 Å². The third-order valence-electron chi connectivity index (χ3n) is 3.59. The molecule has 0 saturated heterocycles. The van der Waals surface area contributed by atoms with Crippen LogP contribution >= 0.6 is 11.8 Å². The Hall–Kier alpha value is -1.62. The normalized spacial score (nSPS) is 15.6. The number of fused-ring (bicyclic) bond motifs is 1. The number of hydrogen-bond donors (Lipinski definition) is 1. The van der Waals surface area contributed by atoms with Gasteiger partial charge in [-0.1, -0.05) is 31.0 Å². The summed E-state index contributed by atoms with van der Waals surface area (Å²) in [5.74, 6) is 0.550. The van der Waals surface area contributed by atoms with Crippen molar-refractivity contribution in [1.82, 2.24) is 15.5 Å². The van der Waals surface area contributed by atoms with Gasteiger partial charge in [-0.25, -0.2) is 0 Å². The standard InChI is InChI=1S/C15H17N3OS/c19-15(17-11-5-1-2-6-11)10-20-14-9-16-18-13-8-4-3-7-12(13)14/h3-4,7-9,11H,1-2,5-6,10H2,(H,17,19). The Morgan fingerprint density at radius 3 is 2.95 bits per heavy atom. The summed E-state index contributed by atoms with van der Waals surface area (Å²) in [6.45, 7) is 0. The van der Waals surface area contributed by atoms with Crippen molar-refractivity contribution < 1.29 is 4.79 Å².